The van der Waals surface area contributed by atoms with Gasteiger partial charge < -0.3 is 5.32 Å². The van der Waals surface area contributed by atoms with E-state index >= 15 is 0 Å². The maximum atomic E-state index is 4.33. The molecule has 1 aromatic rings. The molecule has 0 bridgehead atoms. The Morgan fingerprint density at radius 2 is 2.50 bits per heavy atom. The Morgan fingerprint density at radius 3 is 3.21 bits per heavy atom. The highest BCUT2D eigenvalue weighted by molar-refractivity contribution is 5.64. The molecule has 0 saturated carbocycles. The van der Waals surface area contributed by atoms with Gasteiger partial charge in [0.1, 0.15) is 0 Å². The van der Waals surface area contributed by atoms with Crippen LogP contribution in [0.3, 0.4) is 0 Å². The fourth-order valence-electron chi connectivity index (χ4n) is 1.83. The Labute approximate surface area is 84.8 Å². The predicted molar refractivity (Wildman–Crippen MR) is 58.0 cm³/mol. The molecule has 3 heteroatoms. The lowest BCUT2D eigenvalue weighted by molar-refractivity contribution is 0.592. The van der Waals surface area contributed by atoms with Crippen molar-refractivity contribution in [1.82, 2.24) is 15.1 Å². The van der Waals surface area contributed by atoms with E-state index < -0.39 is 0 Å². The molecule has 14 heavy (non-hydrogen) atoms. The lowest BCUT2D eigenvalue weighted by Crippen LogP contribution is -2.22. The molecule has 0 unspecified atom stereocenters. The predicted octanol–water partition coefficient (Wildman–Crippen LogP) is 1.67. The number of nitrogens with zero attached hydrogens (tertiary/aromatic N) is 2. The summed E-state index contributed by atoms with van der Waals surface area (Å²) in [4.78, 5) is 0. The molecule has 1 aliphatic rings. The van der Waals surface area contributed by atoms with E-state index in [0.717, 1.165) is 32.5 Å². The lowest BCUT2D eigenvalue weighted by atomic mass is 10.1. The summed E-state index contributed by atoms with van der Waals surface area (Å²) in [5, 5.41) is 7.71. The molecule has 0 aromatic carbocycles. The molecule has 0 spiro atoms. The van der Waals surface area contributed by atoms with Gasteiger partial charge in [-0.2, -0.15) is 5.10 Å². The monoisotopic (exact) mass is 191 g/mol. The number of aromatic nitrogens is 2. The summed E-state index contributed by atoms with van der Waals surface area (Å²) in [5.74, 6) is 0. The quantitative estimate of drug-likeness (QED) is 0.787. The van der Waals surface area contributed by atoms with Crippen LogP contribution in [0.1, 0.15) is 25.5 Å². The van der Waals surface area contributed by atoms with Crippen LogP contribution in [-0.2, 0) is 6.54 Å². The Bertz CT molecular complexity index is 325. The molecular formula is C11H17N3. The number of hydrogen-bond donors (Lipinski definition) is 1. The van der Waals surface area contributed by atoms with E-state index in [4.69, 9.17) is 0 Å². The molecule has 0 fully saturated rings. The molecule has 76 valence electrons. The van der Waals surface area contributed by atoms with Gasteiger partial charge in [0.25, 0.3) is 0 Å². The maximum Gasteiger partial charge on any atom is 0.0651 e. The van der Waals surface area contributed by atoms with Crippen molar-refractivity contribution in [3.63, 3.8) is 0 Å². The average Bonchev–Trinajstić information content (AvgIpc) is 2.68. The first kappa shape index (κ1) is 9.46. The molecule has 0 radical (unpaired) electrons. The fraction of sp³-hybridized carbons (Fsp3) is 0.545. The van der Waals surface area contributed by atoms with Gasteiger partial charge in [0.15, 0.2) is 0 Å². The van der Waals surface area contributed by atoms with Gasteiger partial charge in [0, 0.05) is 19.3 Å². The first-order valence-corrected chi connectivity index (χ1v) is 5.33. The van der Waals surface area contributed by atoms with Crippen LogP contribution < -0.4 is 5.32 Å². The van der Waals surface area contributed by atoms with E-state index in [2.05, 4.69) is 34.2 Å². The highest BCUT2D eigenvalue weighted by Gasteiger charge is 2.09. The van der Waals surface area contributed by atoms with Crippen molar-refractivity contribution >= 4 is 5.57 Å². The Kier molecular flexibility index (Phi) is 2.99. The minimum Gasteiger partial charge on any atom is -0.312 e. The van der Waals surface area contributed by atoms with E-state index in [1.165, 1.54) is 11.3 Å². The van der Waals surface area contributed by atoms with Gasteiger partial charge in [-0.1, -0.05) is 13.0 Å². The molecule has 0 saturated heterocycles. The third-order valence-corrected chi connectivity index (χ3v) is 2.51. The molecule has 0 atom stereocenters. The summed E-state index contributed by atoms with van der Waals surface area (Å²) >= 11 is 0. The van der Waals surface area contributed by atoms with Gasteiger partial charge in [0.2, 0.25) is 0 Å². The molecule has 0 amide bonds. The first-order chi connectivity index (χ1) is 6.92. The van der Waals surface area contributed by atoms with Gasteiger partial charge in [-0.05, 0) is 31.0 Å². The van der Waals surface area contributed by atoms with Crippen LogP contribution in [0.4, 0.5) is 0 Å². The highest BCUT2D eigenvalue weighted by Crippen LogP contribution is 2.16. The van der Waals surface area contributed by atoms with Crippen molar-refractivity contribution < 1.29 is 0 Å². The van der Waals surface area contributed by atoms with Crippen molar-refractivity contribution in [2.24, 2.45) is 0 Å². The van der Waals surface area contributed by atoms with Crippen LogP contribution in [0.5, 0.6) is 0 Å². The second kappa shape index (κ2) is 4.42. The van der Waals surface area contributed by atoms with Crippen LogP contribution >= 0.6 is 0 Å². The largest absolute Gasteiger partial charge is 0.312 e. The Hall–Kier alpha value is -1.09. The van der Waals surface area contributed by atoms with Crippen molar-refractivity contribution in [1.29, 1.82) is 0 Å². The Morgan fingerprint density at radius 1 is 1.57 bits per heavy atom. The van der Waals surface area contributed by atoms with Crippen LogP contribution in [0.2, 0.25) is 0 Å². The second-order valence-corrected chi connectivity index (χ2v) is 3.63. The molecule has 1 aliphatic heterocycles. The smallest absolute Gasteiger partial charge is 0.0651 e. The van der Waals surface area contributed by atoms with E-state index in [9.17, 15) is 0 Å². The molecule has 1 N–H and O–H groups in total. The third-order valence-electron chi connectivity index (χ3n) is 2.51. The topological polar surface area (TPSA) is 29.9 Å². The molecule has 1 aromatic heterocycles. The summed E-state index contributed by atoms with van der Waals surface area (Å²) in [6.07, 6.45) is 6.47. The Balaban J connectivity index is 2.21. The minimum atomic E-state index is 0.982. The highest BCUT2D eigenvalue weighted by atomic mass is 15.3. The first-order valence-electron chi connectivity index (χ1n) is 5.33. The van der Waals surface area contributed by atoms with Gasteiger partial charge >= 0.3 is 0 Å². The van der Waals surface area contributed by atoms with E-state index in [-0.39, 0.29) is 0 Å². The number of hydrogen-bond acceptors (Lipinski definition) is 2. The summed E-state index contributed by atoms with van der Waals surface area (Å²) in [6, 6.07) is 2.11. The van der Waals surface area contributed by atoms with Gasteiger partial charge in [-0.15, -0.1) is 0 Å². The summed E-state index contributed by atoms with van der Waals surface area (Å²) in [7, 11) is 0. The van der Waals surface area contributed by atoms with Gasteiger partial charge in [-0.3, -0.25) is 4.68 Å². The van der Waals surface area contributed by atoms with Gasteiger partial charge in [-0.25, -0.2) is 0 Å². The van der Waals surface area contributed by atoms with Crippen LogP contribution in [0, 0.1) is 0 Å². The van der Waals surface area contributed by atoms with Crippen molar-refractivity contribution in [2.75, 3.05) is 13.1 Å². The van der Waals surface area contributed by atoms with E-state index in [0.29, 0.717) is 0 Å². The summed E-state index contributed by atoms with van der Waals surface area (Å²) < 4.78 is 2.10. The zero-order chi connectivity index (χ0) is 9.80. The minimum absolute atomic E-state index is 0.982. The number of nitrogens with one attached hydrogen (secondary N) is 1. The lowest BCUT2D eigenvalue weighted by Gasteiger charge is -2.15. The number of aryl methyl sites for hydroxylation is 1. The van der Waals surface area contributed by atoms with Crippen LogP contribution in [0.15, 0.2) is 18.3 Å². The number of rotatable bonds is 3. The summed E-state index contributed by atoms with van der Waals surface area (Å²) in [5.41, 5.74) is 2.67. The molecule has 2 rings (SSSR count). The zero-order valence-corrected chi connectivity index (χ0v) is 8.66. The van der Waals surface area contributed by atoms with Crippen molar-refractivity contribution in [2.45, 2.75) is 26.3 Å². The third kappa shape index (κ3) is 1.87. The second-order valence-electron chi connectivity index (χ2n) is 3.63. The molecule has 3 nitrogen and oxygen atoms in total. The van der Waals surface area contributed by atoms with Crippen molar-refractivity contribution in [3.8, 4) is 0 Å². The molecule has 0 aliphatic carbocycles. The maximum absolute atomic E-state index is 4.33. The molecule has 2 heterocycles. The van der Waals surface area contributed by atoms with Crippen molar-refractivity contribution in [3.05, 3.63) is 24.0 Å². The van der Waals surface area contributed by atoms with E-state index in [1.807, 2.05) is 6.20 Å². The van der Waals surface area contributed by atoms with Gasteiger partial charge in [0.05, 0.1) is 5.69 Å². The van der Waals surface area contributed by atoms with E-state index in [1.54, 1.807) is 0 Å². The normalized spacial score (nSPS) is 16.8. The summed E-state index contributed by atoms with van der Waals surface area (Å²) in [6.45, 7) is 5.28. The standard InChI is InChI=1S/C11H17N3/c1-2-8-14-11(5-7-13-14)10-4-3-6-12-9-10/h4-5,7,12H,2-3,6,8-9H2,1H3. The van der Waals surface area contributed by atoms with Crippen LogP contribution in [-0.4, -0.2) is 22.9 Å². The average molecular weight is 191 g/mol. The van der Waals surface area contributed by atoms with Crippen LogP contribution in [0.25, 0.3) is 5.57 Å². The zero-order valence-electron chi connectivity index (χ0n) is 8.66. The molecular weight excluding hydrogens is 174 g/mol. The SMILES string of the molecule is CCCn1nccc1C1=CCCNC1. The fourth-order valence-corrected chi connectivity index (χ4v) is 1.83.